The molecule has 0 fully saturated rings. The molecule has 0 aliphatic carbocycles. The summed E-state index contributed by atoms with van der Waals surface area (Å²) >= 11 is 12.3. The highest BCUT2D eigenvalue weighted by Gasteiger charge is 2.27. The minimum Gasteiger partial charge on any atom is -0.478 e. The maximum Gasteiger partial charge on any atom is 0.335 e. The molecule has 6 rings (SSSR count). The average Bonchev–Trinajstić information content (AvgIpc) is 3.39. The van der Waals surface area contributed by atoms with E-state index in [2.05, 4.69) is 9.29 Å². The van der Waals surface area contributed by atoms with Gasteiger partial charge >= 0.3 is 5.97 Å². The Morgan fingerprint density at radius 2 is 1.42 bits per heavy atom. The van der Waals surface area contributed by atoms with Crippen molar-refractivity contribution in [2.24, 2.45) is 0 Å². The summed E-state index contributed by atoms with van der Waals surface area (Å²) < 4.78 is 60.1. The van der Waals surface area contributed by atoms with Crippen molar-refractivity contribution in [1.29, 1.82) is 0 Å². The van der Waals surface area contributed by atoms with Crippen molar-refractivity contribution in [3.05, 3.63) is 170 Å². The summed E-state index contributed by atoms with van der Waals surface area (Å²) in [5.74, 6) is -3.19. The van der Waals surface area contributed by atoms with Crippen LogP contribution in [0.2, 0.25) is 10.0 Å². The largest absolute Gasteiger partial charge is 0.478 e. The van der Waals surface area contributed by atoms with Gasteiger partial charge in [-0.3, -0.25) is 0 Å². The van der Waals surface area contributed by atoms with Crippen molar-refractivity contribution >= 4 is 50.1 Å². The molecule has 0 spiro atoms. The molecule has 0 amide bonds. The third kappa shape index (κ3) is 7.61. The van der Waals surface area contributed by atoms with Gasteiger partial charge in [0.1, 0.15) is 16.5 Å². The third-order valence-electron chi connectivity index (χ3n) is 8.68. The summed E-state index contributed by atoms with van der Waals surface area (Å²) in [6, 6.07) is 33.4. The van der Waals surface area contributed by atoms with Gasteiger partial charge in [-0.25, -0.2) is 26.7 Å². The van der Waals surface area contributed by atoms with E-state index in [0.29, 0.717) is 36.4 Å². The van der Waals surface area contributed by atoms with Crippen molar-refractivity contribution in [2.45, 2.75) is 36.6 Å². The quantitative estimate of drug-likeness (QED) is 0.116. The predicted octanol–water partition coefficient (Wildman–Crippen LogP) is 9.26. The van der Waals surface area contributed by atoms with Crippen LogP contribution in [-0.4, -0.2) is 30.6 Å². The van der Waals surface area contributed by atoms with Gasteiger partial charge in [0, 0.05) is 34.6 Å². The molecular formula is C39H32Cl2F2N2O4S. The summed E-state index contributed by atoms with van der Waals surface area (Å²) in [5, 5.41) is 10.2. The van der Waals surface area contributed by atoms with Gasteiger partial charge in [-0.05, 0) is 84.0 Å². The molecule has 50 heavy (non-hydrogen) atoms. The molecule has 0 saturated carbocycles. The molecule has 256 valence electrons. The standard InChI is InChI=1S/C39H32Cl2F2N2O4S/c40-29-18-19-35-31(22-29)30(13-7-8-25-14-16-28(17-15-25)39(46)47)36(20-21-44-50(48,49)37-24-33(42)32(41)23-34(37)43)45(35)38(26-9-3-1-4-10-26)27-11-5-2-6-12-27/h1-6,9-12,14-19,22-24,38,44H,7-8,13,20-21H2,(H,46,47). The molecule has 0 bridgehead atoms. The molecule has 6 aromatic rings. The lowest BCUT2D eigenvalue weighted by atomic mass is 9.97. The third-order valence-corrected chi connectivity index (χ3v) is 10.7. The fourth-order valence-corrected chi connectivity index (χ4v) is 7.81. The average molecular weight is 734 g/mol. The Labute approximate surface area is 299 Å². The van der Waals surface area contributed by atoms with E-state index in [-0.39, 0.29) is 24.6 Å². The number of benzene rings is 5. The number of aryl methyl sites for hydroxylation is 2. The van der Waals surface area contributed by atoms with Crippen molar-refractivity contribution < 1.29 is 27.1 Å². The van der Waals surface area contributed by atoms with Gasteiger partial charge in [-0.15, -0.1) is 0 Å². The van der Waals surface area contributed by atoms with E-state index in [1.807, 2.05) is 78.9 Å². The number of hydrogen-bond acceptors (Lipinski definition) is 3. The van der Waals surface area contributed by atoms with E-state index in [0.717, 1.165) is 38.9 Å². The fraction of sp³-hybridized carbons (Fsp3) is 0.154. The van der Waals surface area contributed by atoms with Gasteiger partial charge in [-0.1, -0.05) is 96.0 Å². The monoisotopic (exact) mass is 732 g/mol. The van der Waals surface area contributed by atoms with E-state index in [1.54, 1.807) is 24.3 Å². The lowest BCUT2D eigenvalue weighted by molar-refractivity contribution is 0.0697. The van der Waals surface area contributed by atoms with Gasteiger partial charge in [0.2, 0.25) is 10.0 Å². The molecular weight excluding hydrogens is 701 g/mol. The second kappa shape index (κ2) is 15.1. The molecule has 1 aromatic heterocycles. The number of nitrogens with one attached hydrogen (secondary N) is 1. The first kappa shape index (κ1) is 35.3. The lowest BCUT2D eigenvalue weighted by Crippen LogP contribution is -2.28. The van der Waals surface area contributed by atoms with E-state index >= 15 is 0 Å². The molecule has 0 saturated heterocycles. The lowest BCUT2D eigenvalue weighted by Gasteiger charge is -2.25. The number of sulfonamides is 1. The topological polar surface area (TPSA) is 88.4 Å². The van der Waals surface area contributed by atoms with E-state index in [4.69, 9.17) is 23.2 Å². The Morgan fingerprint density at radius 3 is 2.04 bits per heavy atom. The van der Waals surface area contributed by atoms with Crippen LogP contribution in [0.3, 0.4) is 0 Å². The molecule has 1 heterocycles. The number of aromatic carboxylic acids is 1. The number of halogens is 4. The maximum absolute atomic E-state index is 14.7. The Morgan fingerprint density at radius 1 is 0.780 bits per heavy atom. The van der Waals surface area contributed by atoms with Crippen LogP contribution in [0.15, 0.2) is 120 Å². The number of hydrogen-bond donors (Lipinski definition) is 2. The van der Waals surface area contributed by atoms with Gasteiger partial charge in [0.05, 0.1) is 16.6 Å². The zero-order valence-corrected chi connectivity index (χ0v) is 29.0. The smallest absolute Gasteiger partial charge is 0.335 e. The summed E-state index contributed by atoms with van der Waals surface area (Å²) in [7, 11) is -4.45. The van der Waals surface area contributed by atoms with Crippen LogP contribution in [0.25, 0.3) is 10.9 Å². The molecule has 11 heteroatoms. The van der Waals surface area contributed by atoms with Crippen LogP contribution < -0.4 is 4.72 Å². The van der Waals surface area contributed by atoms with Crippen molar-refractivity contribution in [3.63, 3.8) is 0 Å². The first-order valence-electron chi connectivity index (χ1n) is 15.9. The summed E-state index contributed by atoms with van der Waals surface area (Å²) in [6.07, 6.45) is 2.18. The highest BCUT2D eigenvalue weighted by Crippen LogP contribution is 2.38. The zero-order valence-electron chi connectivity index (χ0n) is 26.6. The number of nitrogens with zero attached hydrogens (tertiary/aromatic N) is 1. The van der Waals surface area contributed by atoms with Crippen LogP contribution >= 0.6 is 23.2 Å². The molecule has 0 aliphatic heterocycles. The van der Waals surface area contributed by atoms with E-state index in [1.165, 1.54) is 0 Å². The Balaban J connectivity index is 1.44. The number of fused-ring (bicyclic) bond motifs is 1. The SMILES string of the molecule is O=C(O)c1ccc(CCCc2c(CCNS(=O)(=O)c3cc(F)c(Cl)cc3F)n(C(c3ccccc3)c3ccccc3)c3ccc(Cl)cc23)cc1. The highest BCUT2D eigenvalue weighted by molar-refractivity contribution is 7.89. The van der Waals surface area contributed by atoms with Crippen molar-refractivity contribution in [1.82, 2.24) is 9.29 Å². The summed E-state index contributed by atoms with van der Waals surface area (Å²) in [6.45, 7) is -0.115. The number of rotatable bonds is 13. The van der Waals surface area contributed by atoms with E-state index in [9.17, 15) is 27.1 Å². The van der Waals surface area contributed by atoms with Crippen molar-refractivity contribution in [2.75, 3.05) is 6.54 Å². The van der Waals surface area contributed by atoms with Crippen LogP contribution in [0.5, 0.6) is 0 Å². The van der Waals surface area contributed by atoms with Gasteiger partial charge in [0.25, 0.3) is 0 Å². The molecule has 6 nitrogen and oxygen atoms in total. The highest BCUT2D eigenvalue weighted by atomic mass is 35.5. The molecule has 2 N–H and O–H groups in total. The molecule has 0 aliphatic rings. The Kier molecular flexibility index (Phi) is 10.7. The minimum atomic E-state index is -4.45. The summed E-state index contributed by atoms with van der Waals surface area (Å²) in [5.41, 5.74) is 5.94. The Hall–Kier alpha value is -4.54. The first-order chi connectivity index (χ1) is 24.0. The van der Waals surface area contributed by atoms with Crippen molar-refractivity contribution in [3.8, 4) is 0 Å². The van der Waals surface area contributed by atoms with Gasteiger partial charge in [-0.2, -0.15) is 0 Å². The van der Waals surface area contributed by atoms with Gasteiger partial charge < -0.3 is 9.67 Å². The normalized spacial score (nSPS) is 11.8. The van der Waals surface area contributed by atoms with Crippen LogP contribution in [0.1, 0.15) is 50.8 Å². The fourth-order valence-electron chi connectivity index (χ4n) is 6.39. The number of carboxylic acid groups (broad SMARTS) is 1. The molecule has 0 unspecified atom stereocenters. The molecule has 0 radical (unpaired) electrons. The second-order valence-electron chi connectivity index (χ2n) is 11.9. The molecule has 0 atom stereocenters. The first-order valence-corrected chi connectivity index (χ1v) is 18.1. The Bertz CT molecular complexity index is 2220. The predicted molar refractivity (Wildman–Crippen MR) is 193 cm³/mol. The second-order valence-corrected chi connectivity index (χ2v) is 14.5. The van der Waals surface area contributed by atoms with Crippen LogP contribution in [0, 0.1) is 11.6 Å². The number of aromatic nitrogens is 1. The maximum atomic E-state index is 14.7. The zero-order chi connectivity index (χ0) is 35.4. The van der Waals surface area contributed by atoms with E-state index < -0.39 is 37.5 Å². The number of carboxylic acids is 1. The summed E-state index contributed by atoms with van der Waals surface area (Å²) in [4.78, 5) is 10.5. The minimum absolute atomic E-state index is 0.115. The molecule has 5 aromatic carbocycles. The van der Waals surface area contributed by atoms with Crippen LogP contribution in [0.4, 0.5) is 8.78 Å². The number of carbonyl (C=O) groups is 1. The van der Waals surface area contributed by atoms with Crippen LogP contribution in [-0.2, 0) is 29.3 Å². The van der Waals surface area contributed by atoms with Gasteiger partial charge in [0.15, 0.2) is 0 Å².